The second kappa shape index (κ2) is 4.41. The Bertz CT molecular complexity index is 520. The Labute approximate surface area is 105 Å². The van der Waals surface area contributed by atoms with E-state index < -0.39 is 6.10 Å². The average Bonchev–Trinajstić information content (AvgIpc) is 2.95. The van der Waals surface area contributed by atoms with E-state index in [1.807, 2.05) is 12.1 Å². The van der Waals surface area contributed by atoms with Crippen LogP contribution in [0.25, 0.3) is 10.1 Å². The van der Waals surface area contributed by atoms with Gasteiger partial charge in [-0.05, 0) is 35.7 Å². The minimum absolute atomic E-state index is 0.234. The van der Waals surface area contributed by atoms with E-state index in [-0.39, 0.29) is 12.0 Å². The summed E-state index contributed by atoms with van der Waals surface area (Å²) in [5, 5.41) is 13.8. The molecule has 17 heavy (non-hydrogen) atoms. The van der Waals surface area contributed by atoms with Crippen LogP contribution in [0.2, 0.25) is 0 Å². The quantitative estimate of drug-likeness (QED) is 0.883. The van der Waals surface area contributed by atoms with Gasteiger partial charge in [0.05, 0.1) is 18.8 Å². The standard InChI is InChI=1S/C14H16O2S/c1-9-7-11(8-16-9)13(15)12-4-2-3-10-5-6-17-14(10)12/h2-6,9,11,13,15H,7-8H2,1H3. The third-order valence-electron chi connectivity index (χ3n) is 3.50. The van der Waals surface area contributed by atoms with Crippen molar-refractivity contribution in [2.24, 2.45) is 5.92 Å². The van der Waals surface area contributed by atoms with Gasteiger partial charge in [-0.2, -0.15) is 0 Å². The molecule has 1 N–H and O–H groups in total. The van der Waals surface area contributed by atoms with Crippen molar-refractivity contribution >= 4 is 21.4 Å². The molecule has 3 atom stereocenters. The molecule has 3 rings (SSSR count). The molecular formula is C14H16O2S. The van der Waals surface area contributed by atoms with Gasteiger partial charge in [0, 0.05) is 10.6 Å². The first kappa shape index (κ1) is 11.2. The minimum atomic E-state index is -0.401. The van der Waals surface area contributed by atoms with E-state index in [1.165, 1.54) is 10.1 Å². The van der Waals surface area contributed by atoms with Crippen LogP contribution in [0.5, 0.6) is 0 Å². The van der Waals surface area contributed by atoms with Crippen LogP contribution in [0.15, 0.2) is 29.6 Å². The Kier molecular flexibility index (Phi) is 2.90. The highest BCUT2D eigenvalue weighted by Crippen LogP contribution is 2.36. The van der Waals surface area contributed by atoms with Gasteiger partial charge in [-0.15, -0.1) is 11.3 Å². The maximum absolute atomic E-state index is 10.5. The molecule has 90 valence electrons. The SMILES string of the molecule is CC1CC(C(O)c2cccc3ccsc23)CO1. The minimum Gasteiger partial charge on any atom is -0.388 e. The zero-order chi connectivity index (χ0) is 11.8. The largest absolute Gasteiger partial charge is 0.388 e. The fourth-order valence-corrected chi connectivity index (χ4v) is 3.52. The van der Waals surface area contributed by atoms with Crippen molar-refractivity contribution in [2.45, 2.75) is 25.6 Å². The van der Waals surface area contributed by atoms with Crippen molar-refractivity contribution in [2.75, 3.05) is 6.61 Å². The number of rotatable bonds is 2. The molecule has 1 aromatic carbocycles. The summed E-state index contributed by atoms with van der Waals surface area (Å²) in [5.74, 6) is 0.234. The highest BCUT2D eigenvalue weighted by Gasteiger charge is 2.30. The summed E-state index contributed by atoms with van der Waals surface area (Å²) in [6.45, 7) is 2.74. The van der Waals surface area contributed by atoms with Crippen molar-refractivity contribution in [1.29, 1.82) is 0 Å². The highest BCUT2D eigenvalue weighted by molar-refractivity contribution is 7.17. The molecule has 0 saturated carbocycles. The van der Waals surface area contributed by atoms with Crippen LogP contribution in [0.4, 0.5) is 0 Å². The molecular weight excluding hydrogens is 232 g/mol. The Balaban J connectivity index is 1.95. The number of thiophene rings is 1. The monoisotopic (exact) mass is 248 g/mol. The molecule has 1 saturated heterocycles. The molecule has 1 fully saturated rings. The molecule has 1 aliphatic rings. The molecule has 0 bridgehead atoms. The van der Waals surface area contributed by atoms with Crippen LogP contribution in [0, 0.1) is 5.92 Å². The van der Waals surface area contributed by atoms with E-state index in [0.29, 0.717) is 6.61 Å². The fourth-order valence-electron chi connectivity index (χ4n) is 2.57. The van der Waals surface area contributed by atoms with Gasteiger partial charge in [0.2, 0.25) is 0 Å². The fraction of sp³-hybridized carbons (Fsp3) is 0.429. The number of fused-ring (bicyclic) bond motifs is 1. The first-order valence-corrected chi connectivity index (χ1v) is 6.89. The molecule has 2 aromatic rings. The highest BCUT2D eigenvalue weighted by atomic mass is 32.1. The number of hydrogen-bond donors (Lipinski definition) is 1. The normalized spacial score (nSPS) is 26.5. The Morgan fingerprint density at radius 3 is 3.06 bits per heavy atom. The van der Waals surface area contributed by atoms with E-state index in [4.69, 9.17) is 4.74 Å². The van der Waals surface area contributed by atoms with Gasteiger partial charge in [0.15, 0.2) is 0 Å². The van der Waals surface area contributed by atoms with Gasteiger partial charge in [-0.3, -0.25) is 0 Å². The molecule has 0 radical (unpaired) electrons. The lowest BCUT2D eigenvalue weighted by Gasteiger charge is -2.17. The Morgan fingerprint density at radius 1 is 1.41 bits per heavy atom. The van der Waals surface area contributed by atoms with E-state index >= 15 is 0 Å². The van der Waals surface area contributed by atoms with E-state index in [0.717, 1.165) is 12.0 Å². The second-order valence-corrected chi connectivity index (χ2v) is 5.69. The summed E-state index contributed by atoms with van der Waals surface area (Å²) in [7, 11) is 0. The Hall–Kier alpha value is -0.900. The molecule has 3 unspecified atom stereocenters. The molecule has 0 aliphatic carbocycles. The second-order valence-electron chi connectivity index (χ2n) is 4.77. The van der Waals surface area contributed by atoms with Crippen LogP contribution in [0.1, 0.15) is 25.0 Å². The van der Waals surface area contributed by atoms with Gasteiger partial charge in [0.25, 0.3) is 0 Å². The van der Waals surface area contributed by atoms with Gasteiger partial charge in [-0.25, -0.2) is 0 Å². The number of ether oxygens (including phenoxy) is 1. The maximum atomic E-state index is 10.5. The lowest BCUT2D eigenvalue weighted by atomic mass is 9.93. The summed E-state index contributed by atoms with van der Waals surface area (Å²) in [6.07, 6.45) is 0.822. The number of aliphatic hydroxyl groups excluding tert-OH is 1. The molecule has 2 nitrogen and oxygen atoms in total. The third-order valence-corrected chi connectivity index (χ3v) is 4.48. The summed E-state index contributed by atoms with van der Waals surface area (Å²) in [6, 6.07) is 8.25. The molecule has 3 heteroatoms. The lowest BCUT2D eigenvalue weighted by molar-refractivity contribution is 0.0812. The zero-order valence-corrected chi connectivity index (χ0v) is 10.6. The van der Waals surface area contributed by atoms with Gasteiger partial charge in [0.1, 0.15) is 0 Å². The predicted octanol–water partition coefficient (Wildman–Crippen LogP) is 3.36. The van der Waals surface area contributed by atoms with Gasteiger partial charge >= 0.3 is 0 Å². The van der Waals surface area contributed by atoms with E-state index in [1.54, 1.807) is 11.3 Å². The molecule has 1 aromatic heterocycles. The van der Waals surface area contributed by atoms with Crippen molar-refractivity contribution in [1.82, 2.24) is 0 Å². The molecule has 2 heterocycles. The van der Waals surface area contributed by atoms with Crippen molar-refractivity contribution in [3.8, 4) is 0 Å². The van der Waals surface area contributed by atoms with Crippen LogP contribution in [-0.2, 0) is 4.74 Å². The zero-order valence-electron chi connectivity index (χ0n) is 9.80. The molecule has 0 amide bonds. The first-order chi connectivity index (χ1) is 8.25. The van der Waals surface area contributed by atoms with E-state index in [2.05, 4.69) is 24.4 Å². The predicted molar refractivity (Wildman–Crippen MR) is 70.3 cm³/mol. The smallest absolute Gasteiger partial charge is 0.0855 e. The van der Waals surface area contributed by atoms with Crippen molar-refractivity contribution in [3.05, 3.63) is 35.2 Å². The summed E-state index contributed by atoms with van der Waals surface area (Å²) < 4.78 is 6.75. The number of aliphatic hydroxyl groups is 1. The summed E-state index contributed by atoms with van der Waals surface area (Å²) in [4.78, 5) is 0. The van der Waals surface area contributed by atoms with Crippen LogP contribution >= 0.6 is 11.3 Å². The van der Waals surface area contributed by atoms with Gasteiger partial charge < -0.3 is 9.84 Å². The van der Waals surface area contributed by atoms with Crippen molar-refractivity contribution in [3.63, 3.8) is 0 Å². The number of benzene rings is 1. The number of hydrogen-bond acceptors (Lipinski definition) is 3. The molecule has 1 aliphatic heterocycles. The average molecular weight is 248 g/mol. The summed E-state index contributed by atoms with van der Waals surface area (Å²) >= 11 is 1.70. The van der Waals surface area contributed by atoms with Crippen molar-refractivity contribution < 1.29 is 9.84 Å². The van der Waals surface area contributed by atoms with E-state index in [9.17, 15) is 5.11 Å². The van der Waals surface area contributed by atoms with Crippen LogP contribution < -0.4 is 0 Å². The van der Waals surface area contributed by atoms with Crippen LogP contribution in [0.3, 0.4) is 0 Å². The van der Waals surface area contributed by atoms with Crippen LogP contribution in [-0.4, -0.2) is 17.8 Å². The first-order valence-electron chi connectivity index (χ1n) is 6.01. The van der Waals surface area contributed by atoms with Gasteiger partial charge in [-0.1, -0.05) is 18.2 Å². The Morgan fingerprint density at radius 2 is 2.29 bits per heavy atom. The third kappa shape index (κ3) is 1.99. The topological polar surface area (TPSA) is 29.5 Å². The summed E-state index contributed by atoms with van der Waals surface area (Å²) in [5.41, 5.74) is 1.06. The lowest BCUT2D eigenvalue weighted by Crippen LogP contribution is -2.12. The maximum Gasteiger partial charge on any atom is 0.0855 e. The molecule has 0 spiro atoms.